The normalized spacial score (nSPS) is 11.1. The lowest BCUT2D eigenvalue weighted by Crippen LogP contribution is -1.87. The molecule has 17 heavy (non-hydrogen) atoms. The van der Waals surface area contributed by atoms with Crippen molar-refractivity contribution in [2.75, 3.05) is 0 Å². The van der Waals surface area contributed by atoms with Crippen LogP contribution in [0.25, 0.3) is 0 Å². The van der Waals surface area contributed by atoms with Crippen LogP contribution in [0.5, 0.6) is 0 Å². The van der Waals surface area contributed by atoms with Crippen molar-refractivity contribution in [1.82, 2.24) is 5.32 Å². The van der Waals surface area contributed by atoms with Crippen molar-refractivity contribution in [2.45, 2.75) is 27.7 Å². The van der Waals surface area contributed by atoms with E-state index in [-0.39, 0.29) is 11.8 Å². The highest BCUT2D eigenvalue weighted by molar-refractivity contribution is 5.14. The average Bonchev–Trinajstić information content (AvgIpc) is 2.62. The smallest absolute Gasteiger partial charge is 0.0649 e. The summed E-state index contributed by atoms with van der Waals surface area (Å²) in [5, 5.41) is 18.7. The summed E-state index contributed by atoms with van der Waals surface area (Å²) in [5.74, 6) is 0.380. The van der Waals surface area contributed by atoms with Gasteiger partial charge in [0.05, 0.1) is 12.1 Å². The fourth-order valence-electron chi connectivity index (χ4n) is 0.406. The van der Waals surface area contributed by atoms with Gasteiger partial charge in [0.2, 0.25) is 0 Å². The molecule has 1 aliphatic heterocycles. The van der Waals surface area contributed by atoms with Gasteiger partial charge in [-0.3, -0.25) is 0 Å². The molecule has 1 N–H and O–H groups in total. The van der Waals surface area contributed by atoms with E-state index in [1.165, 1.54) is 0 Å². The molecule has 0 saturated heterocycles. The fourth-order valence-corrected chi connectivity index (χ4v) is 0.406. The number of nitrogens with zero attached hydrogens (tertiary/aromatic N) is 2. The van der Waals surface area contributed by atoms with E-state index >= 15 is 0 Å². The second-order valence-electron chi connectivity index (χ2n) is 3.84. The fraction of sp³-hybridized carbons (Fsp3) is 0.429. The van der Waals surface area contributed by atoms with Crippen LogP contribution in [-0.4, -0.2) is 0 Å². The summed E-state index contributed by atoms with van der Waals surface area (Å²) >= 11 is 0. The lowest BCUT2D eigenvalue weighted by Gasteiger charge is -1.79. The van der Waals surface area contributed by atoms with Crippen molar-refractivity contribution in [1.29, 1.82) is 10.5 Å². The first-order valence-corrected chi connectivity index (χ1v) is 5.58. The van der Waals surface area contributed by atoms with Gasteiger partial charge in [0.15, 0.2) is 0 Å². The molecule has 1 rings (SSSR count). The van der Waals surface area contributed by atoms with E-state index in [2.05, 4.69) is 5.32 Å². The molecule has 0 radical (unpaired) electrons. The molecule has 0 aliphatic carbocycles. The third kappa shape index (κ3) is 24.9. The molecule has 0 bridgehead atoms. The lowest BCUT2D eigenvalue weighted by atomic mass is 10.3. The van der Waals surface area contributed by atoms with Crippen LogP contribution in [0.15, 0.2) is 36.7 Å². The first kappa shape index (κ1) is 17.4. The Morgan fingerprint density at radius 2 is 1.06 bits per heavy atom. The van der Waals surface area contributed by atoms with Crippen LogP contribution in [0.4, 0.5) is 0 Å². The number of hydrogen-bond acceptors (Lipinski definition) is 3. The number of nitrogens with one attached hydrogen (secondary N) is 1. The molecule has 1 heterocycles. The third-order valence-corrected chi connectivity index (χ3v) is 1.23. The number of hydrogen-bond donors (Lipinski definition) is 1. The molecule has 0 aromatic rings. The van der Waals surface area contributed by atoms with Gasteiger partial charge in [-0.1, -0.05) is 12.2 Å². The van der Waals surface area contributed by atoms with Crippen LogP contribution in [-0.2, 0) is 0 Å². The van der Waals surface area contributed by atoms with E-state index < -0.39 is 0 Å². The molecule has 3 heteroatoms. The van der Waals surface area contributed by atoms with Gasteiger partial charge in [0.25, 0.3) is 0 Å². The van der Waals surface area contributed by atoms with Crippen molar-refractivity contribution in [3.8, 4) is 12.1 Å². The van der Waals surface area contributed by atoms with Crippen LogP contribution < -0.4 is 5.32 Å². The highest BCUT2D eigenvalue weighted by Crippen LogP contribution is 1.82. The molecule has 0 atom stereocenters. The molecule has 0 spiro atoms. The minimum absolute atomic E-state index is 0.190. The highest BCUT2D eigenvalue weighted by Gasteiger charge is 1.79. The second-order valence-corrected chi connectivity index (χ2v) is 3.84. The second kappa shape index (κ2) is 14.0. The van der Waals surface area contributed by atoms with Crippen molar-refractivity contribution >= 4 is 0 Å². The minimum Gasteiger partial charge on any atom is -0.368 e. The zero-order chi connectivity index (χ0) is 13.5. The monoisotopic (exact) mass is 231 g/mol. The molecule has 0 aromatic carbocycles. The predicted octanol–water partition coefficient (Wildman–Crippen LogP) is 3.51. The maximum atomic E-state index is 7.89. The van der Waals surface area contributed by atoms with Gasteiger partial charge in [-0.05, 0) is 39.8 Å². The lowest BCUT2D eigenvalue weighted by molar-refractivity contribution is 0.849. The molecular formula is C14H21N3. The Morgan fingerprint density at radius 1 is 0.765 bits per heavy atom. The summed E-state index contributed by atoms with van der Waals surface area (Å²) in [6, 6.07) is 4.06. The molecular weight excluding hydrogens is 210 g/mol. The summed E-state index contributed by atoms with van der Waals surface area (Å²) in [5.41, 5.74) is 0. The maximum absolute atomic E-state index is 7.89. The van der Waals surface area contributed by atoms with E-state index in [0.717, 1.165) is 0 Å². The SMILES string of the molecule is C1=CC=CNC=C1.CC(C)C#N.CC(C)C#N. The summed E-state index contributed by atoms with van der Waals surface area (Å²) < 4.78 is 0. The molecule has 0 fully saturated rings. The number of rotatable bonds is 0. The van der Waals surface area contributed by atoms with Crippen molar-refractivity contribution < 1.29 is 0 Å². The van der Waals surface area contributed by atoms with E-state index in [4.69, 9.17) is 10.5 Å². The van der Waals surface area contributed by atoms with Crippen molar-refractivity contribution in [3.05, 3.63) is 36.7 Å². The molecule has 1 aliphatic rings. The predicted molar refractivity (Wildman–Crippen MR) is 71.5 cm³/mol. The largest absolute Gasteiger partial charge is 0.368 e. The molecule has 0 aromatic heterocycles. The Bertz CT molecular complexity index is 290. The van der Waals surface area contributed by atoms with Gasteiger partial charge >= 0.3 is 0 Å². The summed E-state index contributed by atoms with van der Waals surface area (Å²) in [7, 11) is 0. The van der Waals surface area contributed by atoms with Crippen LogP contribution in [0.1, 0.15) is 27.7 Å². The van der Waals surface area contributed by atoms with Crippen molar-refractivity contribution in [2.24, 2.45) is 11.8 Å². The Labute approximate surface area is 105 Å². The minimum atomic E-state index is 0.190. The van der Waals surface area contributed by atoms with Gasteiger partial charge in [-0.25, -0.2) is 0 Å². The Hall–Kier alpha value is -2.00. The van der Waals surface area contributed by atoms with Crippen LogP contribution >= 0.6 is 0 Å². The summed E-state index contributed by atoms with van der Waals surface area (Å²) in [6.45, 7) is 7.44. The topological polar surface area (TPSA) is 59.6 Å². The summed E-state index contributed by atoms with van der Waals surface area (Å²) in [6.07, 6.45) is 11.6. The molecule has 92 valence electrons. The van der Waals surface area contributed by atoms with Crippen molar-refractivity contribution in [3.63, 3.8) is 0 Å². The van der Waals surface area contributed by atoms with Gasteiger partial charge in [0, 0.05) is 24.2 Å². The van der Waals surface area contributed by atoms with E-state index in [1.807, 2.05) is 76.5 Å². The van der Waals surface area contributed by atoms with E-state index in [9.17, 15) is 0 Å². The van der Waals surface area contributed by atoms with Gasteiger partial charge in [-0.15, -0.1) is 0 Å². The standard InChI is InChI=1S/C6H7N.2C4H7N/c1-2-4-6-7-5-3-1;2*1-4(2)3-5/h1-7H;2*4H,1-2H3. The molecule has 0 amide bonds. The average molecular weight is 231 g/mol. The van der Waals surface area contributed by atoms with Crippen LogP contribution in [0, 0.1) is 34.5 Å². The highest BCUT2D eigenvalue weighted by atomic mass is 14.8. The number of nitriles is 2. The quantitative estimate of drug-likeness (QED) is 0.694. The zero-order valence-electron chi connectivity index (χ0n) is 11.0. The number of allylic oxidation sites excluding steroid dienone is 4. The molecule has 0 saturated carbocycles. The third-order valence-electron chi connectivity index (χ3n) is 1.23. The first-order chi connectivity index (χ1) is 8.04. The van der Waals surface area contributed by atoms with Gasteiger partial charge < -0.3 is 5.32 Å². The van der Waals surface area contributed by atoms with E-state index in [0.29, 0.717) is 0 Å². The van der Waals surface area contributed by atoms with E-state index in [1.54, 1.807) is 0 Å². The maximum Gasteiger partial charge on any atom is 0.0649 e. The molecule has 0 unspecified atom stereocenters. The molecule has 3 nitrogen and oxygen atoms in total. The summed E-state index contributed by atoms with van der Waals surface area (Å²) in [4.78, 5) is 0. The Morgan fingerprint density at radius 3 is 1.29 bits per heavy atom. The van der Waals surface area contributed by atoms with Gasteiger partial charge in [-0.2, -0.15) is 10.5 Å². The first-order valence-electron chi connectivity index (χ1n) is 5.58. The Kier molecular flexibility index (Phi) is 14.3. The zero-order valence-corrected chi connectivity index (χ0v) is 11.0. The Balaban J connectivity index is 0. The van der Waals surface area contributed by atoms with Crippen LogP contribution in [0.2, 0.25) is 0 Å². The van der Waals surface area contributed by atoms with Gasteiger partial charge in [0.1, 0.15) is 0 Å². The van der Waals surface area contributed by atoms with Crippen LogP contribution in [0.3, 0.4) is 0 Å².